The number of carbonyl (C=O) groups is 1. The van der Waals surface area contributed by atoms with Crippen molar-refractivity contribution in [2.75, 3.05) is 46.1 Å². The normalized spacial score (nSPS) is 21.6. The van der Waals surface area contributed by atoms with Gasteiger partial charge < -0.3 is 25.4 Å². The van der Waals surface area contributed by atoms with E-state index in [0.29, 0.717) is 19.5 Å². The van der Waals surface area contributed by atoms with E-state index in [-0.39, 0.29) is 84.1 Å². The molecule has 0 saturated carbocycles. The van der Waals surface area contributed by atoms with Crippen LogP contribution in [0.25, 0.3) is 32.2 Å². The molecule has 47 heavy (non-hydrogen) atoms. The topological polar surface area (TPSA) is 139 Å². The minimum atomic E-state index is -0.887. The van der Waals surface area contributed by atoms with Crippen LogP contribution in [-0.4, -0.2) is 77.9 Å². The zero-order chi connectivity index (χ0) is 33.3. The molecule has 2 amide bonds. The summed E-state index contributed by atoms with van der Waals surface area (Å²) in [5, 5.41) is 12.6. The van der Waals surface area contributed by atoms with Gasteiger partial charge in [-0.2, -0.15) is 5.26 Å². The number of amides is 2. The van der Waals surface area contributed by atoms with Crippen molar-refractivity contribution in [3.05, 3.63) is 44.7 Å². The minimum Gasteiger partial charge on any atom is -0.488 e. The third-order valence-corrected chi connectivity index (χ3v) is 11.1. The number of fused-ring (bicyclic) bond motifs is 1. The zero-order valence-corrected chi connectivity index (χ0v) is 27.5. The van der Waals surface area contributed by atoms with E-state index in [1.807, 2.05) is 20.0 Å². The van der Waals surface area contributed by atoms with Crippen LogP contribution in [0.4, 0.5) is 18.6 Å². The van der Waals surface area contributed by atoms with Crippen LogP contribution >= 0.6 is 22.9 Å². The molecule has 2 aromatic heterocycles. The number of halogens is 3. The number of nitrogen functional groups attached to an aromatic ring is 1. The Balaban J connectivity index is 1.47. The van der Waals surface area contributed by atoms with E-state index in [1.54, 1.807) is 11.9 Å². The summed E-state index contributed by atoms with van der Waals surface area (Å²) in [6, 6.07) is 3.74. The largest absolute Gasteiger partial charge is 0.488 e. The highest BCUT2D eigenvalue weighted by Gasteiger charge is 2.40. The zero-order valence-electron chi connectivity index (χ0n) is 25.9. The second kappa shape index (κ2) is 11.8. The fourth-order valence-electron chi connectivity index (χ4n) is 7.41. The van der Waals surface area contributed by atoms with Gasteiger partial charge in [-0.05, 0) is 51.4 Å². The predicted molar refractivity (Wildman–Crippen MR) is 175 cm³/mol. The van der Waals surface area contributed by atoms with E-state index < -0.39 is 29.3 Å². The molecule has 4 aromatic rings. The van der Waals surface area contributed by atoms with Crippen molar-refractivity contribution in [2.45, 2.75) is 44.4 Å². The van der Waals surface area contributed by atoms with Crippen LogP contribution < -0.4 is 26.1 Å². The highest BCUT2D eigenvalue weighted by molar-refractivity contribution is 7.23. The third kappa shape index (κ3) is 4.86. The Labute approximate surface area is 277 Å². The Hall–Kier alpha value is -4.19. The first-order chi connectivity index (χ1) is 22.5. The number of thiophene rings is 1. The maximum atomic E-state index is 17.1. The number of nitrogens with zero attached hydrogens (tertiary/aromatic N) is 5. The van der Waals surface area contributed by atoms with Gasteiger partial charge in [-0.25, -0.2) is 18.6 Å². The van der Waals surface area contributed by atoms with Gasteiger partial charge in [0.15, 0.2) is 11.6 Å². The van der Waals surface area contributed by atoms with Gasteiger partial charge in [0.2, 0.25) is 0 Å². The molecule has 3 N–H and O–H groups in total. The van der Waals surface area contributed by atoms with Crippen molar-refractivity contribution < 1.29 is 23.0 Å². The van der Waals surface area contributed by atoms with Crippen molar-refractivity contribution >= 4 is 55.1 Å². The summed E-state index contributed by atoms with van der Waals surface area (Å²) in [5.41, 5.74) is 5.34. The molecule has 15 heteroatoms. The third-order valence-electron chi connectivity index (χ3n) is 9.76. The number of likely N-dealkylation sites (N-methyl/N-ethyl adjacent to an activating group) is 1. The second-order valence-corrected chi connectivity index (χ2v) is 13.7. The SMILES string of the molecule is CNC(=O)N1CCC(C2COc3c(Cl)c(-c4ccc(F)c5sc(N)c(C#N)c45)c(F)c4nc(O[C@@H](C)[C@@H]5CCCN5C)c(=O)n2c34)C1. The highest BCUT2D eigenvalue weighted by Crippen LogP contribution is 2.50. The monoisotopic (exact) mass is 683 g/mol. The van der Waals surface area contributed by atoms with E-state index in [2.05, 4.69) is 15.2 Å². The van der Waals surface area contributed by atoms with E-state index in [1.165, 1.54) is 10.6 Å². The summed E-state index contributed by atoms with van der Waals surface area (Å²) in [6.07, 6.45) is 2.01. The van der Waals surface area contributed by atoms with Gasteiger partial charge in [0.05, 0.1) is 21.3 Å². The molecule has 11 nitrogen and oxygen atoms in total. The predicted octanol–water partition coefficient (Wildman–Crippen LogP) is 5.12. The molecule has 2 saturated heterocycles. The van der Waals surface area contributed by atoms with Crippen LogP contribution in [0.1, 0.15) is 37.8 Å². The average Bonchev–Trinajstić information content (AvgIpc) is 3.80. The molecule has 0 radical (unpaired) electrons. The van der Waals surface area contributed by atoms with Gasteiger partial charge in [-0.3, -0.25) is 14.3 Å². The number of aromatic nitrogens is 2. The molecule has 3 aliphatic heterocycles. The van der Waals surface area contributed by atoms with Gasteiger partial charge in [0.1, 0.15) is 40.6 Å². The van der Waals surface area contributed by atoms with Crippen LogP contribution in [0.5, 0.6) is 11.6 Å². The van der Waals surface area contributed by atoms with Crippen molar-refractivity contribution in [2.24, 2.45) is 5.92 Å². The number of anilines is 1. The smallest absolute Gasteiger partial charge is 0.317 e. The van der Waals surface area contributed by atoms with Gasteiger partial charge in [0.25, 0.3) is 5.88 Å². The summed E-state index contributed by atoms with van der Waals surface area (Å²) >= 11 is 7.82. The van der Waals surface area contributed by atoms with Crippen LogP contribution in [0, 0.1) is 28.9 Å². The molecule has 2 unspecified atom stereocenters. The Morgan fingerprint density at radius 2 is 2.11 bits per heavy atom. The van der Waals surface area contributed by atoms with E-state index in [0.717, 1.165) is 36.8 Å². The fraction of sp³-hybridized carbons (Fsp3) is 0.438. The first-order valence-corrected chi connectivity index (χ1v) is 16.6. The Bertz CT molecular complexity index is 2060. The molecule has 0 aliphatic carbocycles. The summed E-state index contributed by atoms with van der Waals surface area (Å²) < 4.78 is 46.1. The van der Waals surface area contributed by atoms with Crippen molar-refractivity contribution in [1.29, 1.82) is 5.26 Å². The number of carbonyl (C=O) groups excluding carboxylic acids is 1. The maximum absolute atomic E-state index is 17.1. The molecule has 2 aromatic carbocycles. The lowest BCUT2D eigenvalue weighted by atomic mass is 9.95. The van der Waals surface area contributed by atoms with E-state index in [9.17, 15) is 19.2 Å². The lowest BCUT2D eigenvalue weighted by Gasteiger charge is -2.33. The van der Waals surface area contributed by atoms with E-state index in [4.69, 9.17) is 26.8 Å². The van der Waals surface area contributed by atoms with Gasteiger partial charge in [-0.15, -0.1) is 11.3 Å². The highest BCUT2D eigenvalue weighted by atomic mass is 35.5. The molecule has 2 fully saturated rings. The van der Waals surface area contributed by atoms with Crippen molar-refractivity contribution in [1.82, 2.24) is 24.7 Å². The number of nitrogens with two attached hydrogens (primary N) is 1. The summed E-state index contributed by atoms with van der Waals surface area (Å²) in [4.78, 5) is 35.0. The van der Waals surface area contributed by atoms with Gasteiger partial charge in [0, 0.05) is 43.0 Å². The maximum Gasteiger partial charge on any atom is 0.317 e. The first kappa shape index (κ1) is 31.4. The Morgan fingerprint density at radius 3 is 2.81 bits per heavy atom. The molecule has 0 bridgehead atoms. The summed E-state index contributed by atoms with van der Waals surface area (Å²) in [5.74, 6) is -1.93. The molecule has 7 rings (SSSR count). The molecule has 0 spiro atoms. The summed E-state index contributed by atoms with van der Waals surface area (Å²) in [6.45, 7) is 3.60. The lowest BCUT2D eigenvalue weighted by molar-refractivity contribution is 0.113. The lowest BCUT2D eigenvalue weighted by Crippen LogP contribution is -2.42. The number of hydrogen-bond donors (Lipinski definition) is 2. The van der Waals surface area contributed by atoms with Gasteiger partial charge >= 0.3 is 11.6 Å². The van der Waals surface area contributed by atoms with E-state index >= 15 is 4.39 Å². The molecular formula is C32H32ClF2N7O4S. The number of nitrogens with one attached hydrogen (secondary N) is 1. The molecule has 3 aliphatic rings. The molecule has 5 heterocycles. The average molecular weight is 684 g/mol. The second-order valence-electron chi connectivity index (χ2n) is 12.3. The molecular weight excluding hydrogens is 652 g/mol. The number of benzene rings is 2. The van der Waals surface area contributed by atoms with Crippen molar-refractivity contribution in [3.63, 3.8) is 0 Å². The van der Waals surface area contributed by atoms with Crippen molar-refractivity contribution in [3.8, 4) is 28.8 Å². The van der Waals surface area contributed by atoms with Crippen LogP contribution in [0.15, 0.2) is 16.9 Å². The van der Waals surface area contributed by atoms with Crippen LogP contribution in [0.2, 0.25) is 5.02 Å². The molecule has 4 atom stereocenters. The number of ether oxygens (including phenoxy) is 2. The quantitative estimate of drug-likeness (QED) is 0.296. The van der Waals surface area contributed by atoms with Gasteiger partial charge in [-0.1, -0.05) is 17.7 Å². The standard InChI is InChI=1S/C32H32ClF2N7O4S/c1-14(19-5-4-9-40(19)3)46-30-31(43)42-20(15-8-10-41(12-15)32(44)38-2)13-45-27-23(33)22(24(35)25(39-30)26(27)42)16-6-7-18(34)28-21(16)17(11-36)29(37)47-28/h6-7,14-15,19-20H,4-5,8-10,12-13,37H2,1-3H3,(H,38,44)/t14-,15?,19-,20?/m0/s1. The molecule has 246 valence electrons. The van der Waals surface area contributed by atoms with Crippen LogP contribution in [0.3, 0.4) is 0 Å². The Morgan fingerprint density at radius 1 is 1.32 bits per heavy atom. The minimum absolute atomic E-state index is 0.00283. The number of likely N-dealkylation sites (tertiary alicyclic amines) is 2. The first-order valence-electron chi connectivity index (χ1n) is 15.4. The Kier molecular flexibility index (Phi) is 7.89. The number of nitriles is 1. The number of hydrogen-bond acceptors (Lipinski definition) is 9. The summed E-state index contributed by atoms with van der Waals surface area (Å²) in [7, 11) is 3.55. The number of urea groups is 1. The van der Waals surface area contributed by atoms with Crippen LogP contribution in [-0.2, 0) is 0 Å². The fourth-order valence-corrected chi connectivity index (χ4v) is 8.69. The number of rotatable bonds is 5.